The number of pyridine rings is 1. The first kappa shape index (κ1) is 9.62. The van der Waals surface area contributed by atoms with E-state index in [1.54, 1.807) is 6.20 Å². The van der Waals surface area contributed by atoms with Crippen LogP contribution in [-0.2, 0) is 5.60 Å². The molecule has 3 heteroatoms. The van der Waals surface area contributed by atoms with Crippen molar-refractivity contribution >= 4 is 0 Å². The van der Waals surface area contributed by atoms with Crippen molar-refractivity contribution in [3.05, 3.63) is 29.6 Å². The lowest BCUT2D eigenvalue weighted by molar-refractivity contribution is 0.0427. The minimum Gasteiger partial charge on any atom is -0.385 e. The molecule has 3 N–H and O–H groups in total. The molecule has 76 valence electrons. The standard InChI is InChI=1S/C11H16N2O/c1-8-2-3-9(7-13-8)11(14)5-4-10(12)6-11/h2-3,7,10,14H,4-6,12H2,1H3. The molecule has 0 aromatic carbocycles. The van der Waals surface area contributed by atoms with Crippen LogP contribution in [-0.4, -0.2) is 16.1 Å². The van der Waals surface area contributed by atoms with Crippen LogP contribution >= 0.6 is 0 Å². The van der Waals surface area contributed by atoms with Crippen LogP contribution in [0.4, 0.5) is 0 Å². The molecular formula is C11H16N2O. The third-order valence-electron chi connectivity index (χ3n) is 2.98. The van der Waals surface area contributed by atoms with Crippen LogP contribution in [0.3, 0.4) is 0 Å². The predicted molar refractivity (Wildman–Crippen MR) is 54.7 cm³/mol. The van der Waals surface area contributed by atoms with Crippen LogP contribution in [0.15, 0.2) is 18.3 Å². The van der Waals surface area contributed by atoms with Crippen molar-refractivity contribution in [1.29, 1.82) is 0 Å². The van der Waals surface area contributed by atoms with E-state index in [0.29, 0.717) is 6.42 Å². The Labute approximate surface area is 84.0 Å². The molecule has 0 amide bonds. The highest BCUT2D eigenvalue weighted by Crippen LogP contribution is 2.37. The second-order valence-electron chi connectivity index (χ2n) is 4.22. The van der Waals surface area contributed by atoms with E-state index in [-0.39, 0.29) is 6.04 Å². The van der Waals surface area contributed by atoms with Gasteiger partial charge in [0, 0.05) is 23.5 Å². The molecule has 0 aliphatic heterocycles. The van der Waals surface area contributed by atoms with Gasteiger partial charge in [0.25, 0.3) is 0 Å². The molecular weight excluding hydrogens is 176 g/mol. The molecule has 0 spiro atoms. The van der Waals surface area contributed by atoms with E-state index in [1.165, 1.54) is 0 Å². The molecule has 3 nitrogen and oxygen atoms in total. The molecule has 2 unspecified atom stereocenters. The fraction of sp³-hybridized carbons (Fsp3) is 0.545. The highest BCUT2D eigenvalue weighted by Gasteiger charge is 2.37. The number of nitrogens with two attached hydrogens (primary N) is 1. The van der Waals surface area contributed by atoms with Crippen molar-refractivity contribution in [3.8, 4) is 0 Å². The van der Waals surface area contributed by atoms with Crippen LogP contribution in [0.5, 0.6) is 0 Å². The summed E-state index contributed by atoms with van der Waals surface area (Å²) in [6.45, 7) is 1.94. The van der Waals surface area contributed by atoms with E-state index < -0.39 is 5.60 Å². The van der Waals surface area contributed by atoms with Gasteiger partial charge in [-0.1, -0.05) is 6.07 Å². The summed E-state index contributed by atoms with van der Waals surface area (Å²) in [5, 5.41) is 10.3. The zero-order valence-electron chi connectivity index (χ0n) is 8.40. The average Bonchev–Trinajstić information content (AvgIpc) is 2.48. The quantitative estimate of drug-likeness (QED) is 0.700. The maximum absolute atomic E-state index is 10.3. The topological polar surface area (TPSA) is 59.1 Å². The van der Waals surface area contributed by atoms with Crippen molar-refractivity contribution in [2.75, 3.05) is 0 Å². The Morgan fingerprint density at radius 1 is 1.57 bits per heavy atom. The van der Waals surface area contributed by atoms with E-state index in [1.807, 2.05) is 19.1 Å². The Bertz CT molecular complexity index is 323. The first-order valence-corrected chi connectivity index (χ1v) is 5.01. The molecule has 1 saturated carbocycles. The molecule has 14 heavy (non-hydrogen) atoms. The molecule has 2 atom stereocenters. The normalized spacial score (nSPS) is 32.1. The van der Waals surface area contributed by atoms with Crippen molar-refractivity contribution in [2.24, 2.45) is 5.73 Å². The van der Waals surface area contributed by atoms with Crippen molar-refractivity contribution in [2.45, 2.75) is 37.8 Å². The van der Waals surface area contributed by atoms with Crippen LogP contribution in [0.25, 0.3) is 0 Å². The maximum atomic E-state index is 10.3. The molecule has 0 bridgehead atoms. The molecule has 1 aliphatic carbocycles. The van der Waals surface area contributed by atoms with Gasteiger partial charge >= 0.3 is 0 Å². The van der Waals surface area contributed by atoms with Gasteiger partial charge in [-0.2, -0.15) is 0 Å². The van der Waals surface area contributed by atoms with Crippen molar-refractivity contribution in [1.82, 2.24) is 4.98 Å². The van der Waals surface area contributed by atoms with Crippen LogP contribution in [0, 0.1) is 6.92 Å². The summed E-state index contributed by atoms with van der Waals surface area (Å²) < 4.78 is 0. The van der Waals surface area contributed by atoms with E-state index in [4.69, 9.17) is 5.73 Å². The summed E-state index contributed by atoms with van der Waals surface area (Å²) >= 11 is 0. The number of aliphatic hydroxyl groups is 1. The first-order chi connectivity index (χ1) is 6.60. The van der Waals surface area contributed by atoms with Crippen molar-refractivity contribution in [3.63, 3.8) is 0 Å². The lowest BCUT2D eigenvalue weighted by atomic mass is 9.93. The number of aryl methyl sites for hydroxylation is 1. The highest BCUT2D eigenvalue weighted by molar-refractivity contribution is 5.22. The lowest BCUT2D eigenvalue weighted by Gasteiger charge is -2.22. The Morgan fingerprint density at radius 3 is 2.86 bits per heavy atom. The first-order valence-electron chi connectivity index (χ1n) is 5.01. The summed E-state index contributed by atoms with van der Waals surface area (Å²) in [6.07, 6.45) is 4.05. The molecule has 1 aromatic rings. The number of aromatic nitrogens is 1. The minimum absolute atomic E-state index is 0.126. The number of hydrogen-bond donors (Lipinski definition) is 2. The van der Waals surface area contributed by atoms with Gasteiger partial charge in [0.2, 0.25) is 0 Å². The maximum Gasteiger partial charge on any atom is 0.0926 e. The van der Waals surface area contributed by atoms with Gasteiger partial charge in [0.1, 0.15) is 0 Å². The van der Waals surface area contributed by atoms with Crippen LogP contribution < -0.4 is 5.73 Å². The zero-order valence-corrected chi connectivity index (χ0v) is 8.40. The Balaban J connectivity index is 2.26. The molecule has 0 radical (unpaired) electrons. The second kappa shape index (κ2) is 3.33. The van der Waals surface area contributed by atoms with E-state index in [0.717, 1.165) is 24.1 Å². The fourth-order valence-corrected chi connectivity index (χ4v) is 2.07. The Hall–Kier alpha value is -0.930. The van der Waals surface area contributed by atoms with Gasteiger partial charge in [-0.25, -0.2) is 0 Å². The third kappa shape index (κ3) is 1.65. The molecule has 0 saturated heterocycles. The van der Waals surface area contributed by atoms with Gasteiger partial charge in [-0.15, -0.1) is 0 Å². The van der Waals surface area contributed by atoms with Crippen LogP contribution in [0.1, 0.15) is 30.5 Å². The Morgan fingerprint density at radius 2 is 2.36 bits per heavy atom. The molecule has 1 heterocycles. The molecule has 1 aliphatic rings. The largest absolute Gasteiger partial charge is 0.385 e. The van der Waals surface area contributed by atoms with Crippen molar-refractivity contribution < 1.29 is 5.11 Å². The lowest BCUT2D eigenvalue weighted by Crippen LogP contribution is -2.25. The zero-order chi connectivity index (χ0) is 10.2. The van der Waals surface area contributed by atoms with E-state index in [9.17, 15) is 5.11 Å². The summed E-state index contributed by atoms with van der Waals surface area (Å²) in [5.74, 6) is 0. The van der Waals surface area contributed by atoms with Gasteiger partial charge in [-0.3, -0.25) is 4.98 Å². The predicted octanol–water partition coefficient (Wildman–Crippen LogP) is 1.09. The number of rotatable bonds is 1. The summed E-state index contributed by atoms with van der Waals surface area (Å²) in [6, 6.07) is 4.00. The fourth-order valence-electron chi connectivity index (χ4n) is 2.07. The second-order valence-corrected chi connectivity index (χ2v) is 4.22. The van der Waals surface area contributed by atoms with Gasteiger partial charge in [0.15, 0.2) is 0 Å². The smallest absolute Gasteiger partial charge is 0.0926 e. The molecule has 1 fully saturated rings. The van der Waals surface area contributed by atoms with Crippen LogP contribution in [0.2, 0.25) is 0 Å². The highest BCUT2D eigenvalue weighted by atomic mass is 16.3. The van der Waals surface area contributed by atoms with E-state index >= 15 is 0 Å². The SMILES string of the molecule is Cc1ccc(C2(O)CCC(N)C2)cn1. The third-order valence-corrected chi connectivity index (χ3v) is 2.98. The molecule has 2 rings (SSSR count). The summed E-state index contributed by atoms with van der Waals surface area (Å²) in [7, 11) is 0. The van der Waals surface area contributed by atoms with Gasteiger partial charge in [0.05, 0.1) is 5.60 Å². The summed E-state index contributed by atoms with van der Waals surface area (Å²) in [4.78, 5) is 4.19. The Kier molecular flexibility index (Phi) is 2.29. The van der Waals surface area contributed by atoms with Gasteiger partial charge < -0.3 is 10.8 Å². The number of hydrogen-bond acceptors (Lipinski definition) is 3. The monoisotopic (exact) mass is 192 g/mol. The van der Waals surface area contributed by atoms with Gasteiger partial charge in [-0.05, 0) is 32.3 Å². The molecule has 1 aromatic heterocycles. The van der Waals surface area contributed by atoms with E-state index in [2.05, 4.69) is 4.98 Å². The number of nitrogens with zero attached hydrogens (tertiary/aromatic N) is 1. The minimum atomic E-state index is -0.736. The summed E-state index contributed by atoms with van der Waals surface area (Å²) in [5.41, 5.74) is 6.93. The average molecular weight is 192 g/mol.